The van der Waals surface area contributed by atoms with E-state index in [0.29, 0.717) is 5.56 Å². The maximum atomic E-state index is 13.3. The molecule has 1 aromatic carbocycles. The molecule has 1 aromatic heterocycles. The van der Waals surface area contributed by atoms with Crippen LogP contribution in [0.4, 0.5) is 0 Å². The molecule has 0 radical (unpaired) electrons. The van der Waals surface area contributed by atoms with Gasteiger partial charge in [0.25, 0.3) is 0 Å². The van der Waals surface area contributed by atoms with Crippen molar-refractivity contribution in [3.05, 3.63) is 36.0 Å². The van der Waals surface area contributed by atoms with Crippen LogP contribution in [0.25, 0.3) is 10.9 Å². The SMILES string of the molecule is CC(C)C(NC(=O)C(CC(N)=O)NC(=O)C(Cc1c[nH]c2ccccc12)NC(=O)C(N)CS)C(=O)O. The summed E-state index contributed by atoms with van der Waals surface area (Å²) in [5, 5.41) is 17.5. The van der Waals surface area contributed by atoms with Crippen molar-refractivity contribution in [1.82, 2.24) is 20.9 Å². The molecule has 12 nitrogen and oxygen atoms in total. The molecule has 0 aliphatic rings. The molecular formula is C23H32N6O6S. The topological polar surface area (TPSA) is 209 Å². The molecule has 0 aliphatic heterocycles. The number of thiol groups is 1. The Morgan fingerprint density at radius 2 is 1.61 bits per heavy atom. The number of nitrogens with one attached hydrogen (secondary N) is 4. The second kappa shape index (κ2) is 12.9. The average molecular weight is 521 g/mol. The number of rotatable bonds is 13. The van der Waals surface area contributed by atoms with E-state index in [4.69, 9.17) is 11.5 Å². The molecule has 9 N–H and O–H groups in total. The van der Waals surface area contributed by atoms with Crippen LogP contribution in [0.3, 0.4) is 0 Å². The lowest BCUT2D eigenvalue weighted by Crippen LogP contribution is -2.58. The molecule has 0 fully saturated rings. The molecule has 4 amide bonds. The number of benzene rings is 1. The predicted octanol–water partition coefficient (Wildman–Crippen LogP) is -0.962. The van der Waals surface area contributed by atoms with E-state index in [-0.39, 0.29) is 12.2 Å². The zero-order valence-corrected chi connectivity index (χ0v) is 20.9. The first-order valence-corrected chi connectivity index (χ1v) is 11.9. The van der Waals surface area contributed by atoms with Gasteiger partial charge in [-0.2, -0.15) is 12.6 Å². The number of H-pyrrole nitrogens is 1. The Hall–Kier alpha value is -3.58. The van der Waals surface area contributed by atoms with Gasteiger partial charge < -0.3 is 37.5 Å². The highest BCUT2D eigenvalue weighted by atomic mass is 32.1. The van der Waals surface area contributed by atoms with E-state index < -0.39 is 66.1 Å². The zero-order valence-electron chi connectivity index (χ0n) is 20.0. The third-order valence-corrected chi connectivity index (χ3v) is 5.93. The third-order valence-electron chi connectivity index (χ3n) is 5.53. The number of para-hydroxylation sites is 1. The number of amides is 4. The highest BCUT2D eigenvalue weighted by Crippen LogP contribution is 2.19. The number of hydrogen-bond donors (Lipinski definition) is 8. The Labute approximate surface area is 213 Å². The number of nitrogens with two attached hydrogens (primary N) is 2. The van der Waals surface area contributed by atoms with E-state index in [9.17, 15) is 29.1 Å². The van der Waals surface area contributed by atoms with Crippen molar-refractivity contribution in [2.45, 2.75) is 50.9 Å². The van der Waals surface area contributed by atoms with Crippen LogP contribution in [0, 0.1) is 5.92 Å². The maximum absolute atomic E-state index is 13.3. The fraction of sp³-hybridized carbons (Fsp3) is 0.435. The minimum atomic E-state index is -1.46. The van der Waals surface area contributed by atoms with Crippen LogP contribution in [0.15, 0.2) is 30.5 Å². The summed E-state index contributed by atoms with van der Waals surface area (Å²) < 4.78 is 0. The van der Waals surface area contributed by atoms with Crippen LogP contribution in [0.5, 0.6) is 0 Å². The molecule has 2 aromatic rings. The molecule has 0 saturated carbocycles. The fourth-order valence-corrected chi connectivity index (χ4v) is 3.71. The summed E-state index contributed by atoms with van der Waals surface area (Å²) in [4.78, 5) is 64.7. The minimum Gasteiger partial charge on any atom is -0.480 e. The molecule has 1 heterocycles. The molecular weight excluding hydrogens is 488 g/mol. The smallest absolute Gasteiger partial charge is 0.326 e. The first-order chi connectivity index (χ1) is 16.9. The first-order valence-electron chi connectivity index (χ1n) is 11.3. The molecule has 0 aliphatic carbocycles. The van der Waals surface area contributed by atoms with Gasteiger partial charge in [-0.3, -0.25) is 19.2 Å². The number of carboxylic acid groups (broad SMARTS) is 1. The summed E-state index contributed by atoms with van der Waals surface area (Å²) in [5.41, 5.74) is 12.5. The Morgan fingerprint density at radius 1 is 1.00 bits per heavy atom. The van der Waals surface area contributed by atoms with E-state index in [1.807, 2.05) is 24.3 Å². The number of aromatic nitrogens is 1. The number of carbonyl (C=O) groups is 5. The number of aromatic amines is 1. The average Bonchev–Trinajstić information content (AvgIpc) is 3.22. The zero-order chi connectivity index (χ0) is 27.0. The molecule has 0 bridgehead atoms. The highest BCUT2D eigenvalue weighted by Gasteiger charge is 2.32. The van der Waals surface area contributed by atoms with Crippen LogP contribution in [0.2, 0.25) is 0 Å². The number of fused-ring (bicyclic) bond motifs is 1. The summed E-state index contributed by atoms with van der Waals surface area (Å²) >= 11 is 4.01. The molecule has 196 valence electrons. The van der Waals surface area contributed by atoms with Gasteiger partial charge in [-0.05, 0) is 17.5 Å². The van der Waals surface area contributed by atoms with Crippen molar-refractivity contribution in [3.8, 4) is 0 Å². The number of aliphatic carboxylic acids is 1. The van der Waals surface area contributed by atoms with Gasteiger partial charge in [0, 0.05) is 29.3 Å². The van der Waals surface area contributed by atoms with Crippen LogP contribution in [-0.2, 0) is 30.4 Å². The second-order valence-electron chi connectivity index (χ2n) is 8.71. The highest BCUT2D eigenvalue weighted by molar-refractivity contribution is 7.80. The minimum absolute atomic E-state index is 0.0335. The fourth-order valence-electron chi connectivity index (χ4n) is 3.54. The van der Waals surface area contributed by atoms with E-state index in [1.165, 1.54) is 0 Å². The van der Waals surface area contributed by atoms with Gasteiger partial charge in [-0.15, -0.1) is 0 Å². The van der Waals surface area contributed by atoms with Crippen molar-refractivity contribution >= 4 is 53.1 Å². The standard InChI is InChI=1S/C23H32N6O6S/c1-11(2)19(23(34)35)29-22(33)17(8-18(25)30)28-21(32)16(27-20(31)14(24)10-36)7-12-9-26-15-6-4-3-5-13(12)15/h3-6,9,11,14,16-17,19,26,36H,7-8,10,24H2,1-2H3,(H2,25,30)(H,27,31)(H,28,32)(H,29,33)(H,34,35). The van der Waals surface area contributed by atoms with Crippen LogP contribution < -0.4 is 27.4 Å². The Kier molecular flexibility index (Phi) is 10.3. The lowest BCUT2D eigenvalue weighted by atomic mass is 10.0. The van der Waals surface area contributed by atoms with Gasteiger partial charge in [0.05, 0.1) is 12.5 Å². The van der Waals surface area contributed by atoms with Crippen molar-refractivity contribution in [2.75, 3.05) is 5.75 Å². The molecule has 0 spiro atoms. The number of carbonyl (C=O) groups excluding carboxylic acids is 4. The lowest BCUT2D eigenvalue weighted by Gasteiger charge is -2.25. The summed E-state index contributed by atoms with van der Waals surface area (Å²) in [6.07, 6.45) is 1.16. The van der Waals surface area contributed by atoms with Crippen molar-refractivity contribution in [3.63, 3.8) is 0 Å². The second-order valence-corrected chi connectivity index (χ2v) is 9.08. The summed E-state index contributed by atoms with van der Waals surface area (Å²) in [6.45, 7) is 3.19. The van der Waals surface area contributed by atoms with Gasteiger partial charge in [0.15, 0.2) is 0 Å². The van der Waals surface area contributed by atoms with Gasteiger partial charge in [-0.25, -0.2) is 4.79 Å². The molecule has 2 rings (SSSR count). The molecule has 4 atom stereocenters. The Balaban J connectivity index is 2.30. The number of carboxylic acids is 1. The van der Waals surface area contributed by atoms with E-state index in [2.05, 4.69) is 33.6 Å². The summed E-state index contributed by atoms with van der Waals surface area (Å²) in [6, 6.07) is 2.49. The van der Waals surface area contributed by atoms with Crippen molar-refractivity contribution in [2.24, 2.45) is 17.4 Å². The van der Waals surface area contributed by atoms with Gasteiger partial charge in [0.2, 0.25) is 23.6 Å². The Morgan fingerprint density at radius 3 is 2.19 bits per heavy atom. The maximum Gasteiger partial charge on any atom is 0.326 e. The number of hydrogen-bond acceptors (Lipinski definition) is 7. The van der Waals surface area contributed by atoms with E-state index in [0.717, 1.165) is 10.9 Å². The van der Waals surface area contributed by atoms with Gasteiger partial charge in [-0.1, -0.05) is 32.0 Å². The van der Waals surface area contributed by atoms with Gasteiger partial charge >= 0.3 is 5.97 Å². The largest absolute Gasteiger partial charge is 0.480 e. The molecule has 0 saturated heterocycles. The van der Waals surface area contributed by atoms with Crippen molar-refractivity contribution < 1.29 is 29.1 Å². The normalized spacial score (nSPS) is 14.5. The molecule has 13 heteroatoms. The van der Waals surface area contributed by atoms with Crippen LogP contribution in [0.1, 0.15) is 25.8 Å². The van der Waals surface area contributed by atoms with E-state index in [1.54, 1.807) is 20.0 Å². The molecule has 36 heavy (non-hydrogen) atoms. The summed E-state index contributed by atoms with van der Waals surface area (Å²) in [7, 11) is 0. The van der Waals surface area contributed by atoms with Crippen LogP contribution in [-0.4, -0.2) is 69.6 Å². The van der Waals surface area contributed by atoms with Crippen molar-refractivity contribution in [1.29, 1.82) is 0 Å². The van der Waals surface area contributed by atoms with E-state index >= 15 is 0 Å². The number of primary amides is 1. The summed E-state index contributed by atoms with van der Waals surface area (Å²) in [5.74, 6) is -4.90. The monoisotopic (exact) mass is 520 g/mol. The Bertz CT molecular complexity index is 1120. The lowest BCUT2D eigenvalue weighted by molar-refractivity contribution is -0.143. The third kappa shape index (κ3) is 7.71. The quantitative estimate of drug-likeness (QED) is 0.155. The predicted molar refractivity (Wildman–Crippen MR) is 136 cm³/mol. The first kappa shape index (κ1) is 28.7. The van der Waals surface area contributed by atoms with Gasteiger partial charge in [0.1, 0.15) is 18.1 Å². The van der Waals surface area contributed by atoms with Crippen LogP contribution >= 0.6 is 12.6 Å². The molecule has 4 unspecified atom stereocenters.